The molecule has 0 saturated heterocycles. The molecule has 2 saturated carbocycles. The second-order valence-electron chi connectivity index (χ2n) is 6.01. The fraction of sp³-hybridized carbons (Fsp3) is 0.643. The van der Waals surface area contributed by atoms with E-state index in [-0.39, 0.29) is 11.5 Å². The molecule has 0 bridgehead atoms. The highest BCUT2D eigenvalue weighted by molar-refractivity contribution is 7.99. The van der Waals surface area contributed by atoms with Crippen LogP contribution >= 0.6 is 11.8 Å². The number of aryl methyl sites for hydroxylation is 1. The normalized spacial score (nSPS) is 21.0. The minimum atomic E-state index is -0.672. The van der Waals surface area contributed by atoms with E-state index in [0.29, 0.717) is 28.6 Å². The minimum absolute atomic E-state index is 0.170. The monoisotopic (exact) mass is 308 g/mol. The number of aromatic amines is 1. The number of amides is 1. The molecule has 114 valence electrons. The van der Waals surface area contributed by atoms with Gasteiger partial charge in [0.2, 0.25) is 5.91 Å². The van der Waals surface area contributed by atoms with E-state index < -0.39 is 5.54 Å². The van der Waals surface area contributed by atoms with Crippen molar-refractivity contribution in [3.8, 4) is 0 Å². The summed E-state index contributed by atoms with van der Waals surface area (Å²) in [6, 6.07) is 1.86. The van der Waals surface area contributed by atoms with E-state index in [1.807, 2.05) is 0 Å². The Hall–Kier alpha value is -1.34. The van der Waals surface area contributed by atoms with Crippen LogP contribution in [-0.2, 0) is 4.79 Å². The van der Waals surface area contributed by atoms with Gasteiger partial charge in [0.1, 0.15) is 5.54 Å². The summed E-state index contributed by atoms with van der Waals surface area (Å²) >= 11 is 1.39. The molecular weight excluding hydrogens is 288 g/mol. The van der Waals surface area contributed by atoms with E-state index in [4.69, 9.17) is 5.73 Å². The topological polar surface area (TPSA) is 101 Å². The number of hydrogen-bond donors (Lipinski definition) is 3. The standard InChI is InChI=1S/C14H20N4O2S/c1-8-6-11(19)17-13(16-8)21-7-14(12(15)20,9-2-3-9)18-10-4-5-10/h6,9-10,18H,2-5,7H2,1H3,(H2,15,20)(H,16,17,19). The van der Waals surface area contributed by atoms with Gasteiger partial charge in [0.05, 0.1) is 0 Å². The van der Waals surface area contributed by atoms with Crippen molar-refractivity contribution in [2.24, 2.45) is 11.7 Å². The zero-order valence-corrected chi connectivity index (χ0v) is 12.8. The maximum atomic E-state index is 12.1. The third-order valence-electron chi connectivity index (χ3n) is 4.04. The van der Waals surface area contributed by atoms with Crippen LogP contribution < -0.4 is 16.6 Å². The van der Waals surface area contributed by atoms with E-state index in [2.05, 4.69) is 15.3 Å². The van der Waals surface area contributed by atoms with Crippen LogP contribution in [0.1, 0.15) is 31.4 Å². The summed E-state index contributed by atoms with van der Waals surface area (Å²) in [6.07, 6.45) is 4.26. The minimum Gasteiger partial charge on any atom is -0.368 e. The zero-order valence-electron chi connectivity index (χ0n) is 12.0. The maximum Gasteiger partial charge on any atom is 0.251 e. The zero-order chi connectivity index (χ0) is 15.0. The lowest BCUT2D eigenvalue weighted by Crippen LogP contribution is -2.60. The molecular formula is C14H20N4O2S. The van der Waals surface area contributed by atoms with Gasteiger partial charge in [-0.2, -0.15) is 0 Å². The SMILES string of the molecule is Cc1cc(=O)[nH]c(SCC(NC2CC2)(C(N)=O)C2CC2)n1. The van der Waals surface area contributed by atoms with Crippen LogP contribution in [-0.4, -0.2) is 33.2 Å². The lowest BCUT2D eigenvalue weighted by molar-refractivity contribution is -0.124. The number of thioether (sulfide) groups is 1. The molecule has 1 aromatic rings. The molecule has 1 amide bonds. The number of carbonyl (C=O) groups excluding carboxylic acids is 1. The number of primary amides is 1. The predicted octanol–water partition coefficient (Wildman–Crippen LogP) is 0.557. The molecule has 3 rings (SSSR count). The lowest BCUT2D eigenvalue weighted by atomic mass is 9.94. The third kappa shape index (κ3) is 3.29. The van der Waals surface area contributed by atoms with Crippen molar-refractivity contribution in [2.45, 2.75) is 49.3 Å². The van der Waals surface area contributed by atoms with E-state index in [1.54, 1.807) is 6.92 Å². The molecule has 1 unspecified atom stereocenters. The molecule has 0 aromatic carbocycles. The second kappa shape index (κ2) is 5.46. The molecule has 2 aliphatic carbocycles. The Morgan fingerprint density at radius 2 is 2.24 bits per heavy atom. The highest BCUT2D eigenvalue weighted by Crippen LogP contribution is 2.43. The van der Waals surface area contributed by atoms with Crippen molar-refractivity contribution in [3.05, 3.63) is 22.1 Å². The Bertz CT molecular complexity index is 609. The average molecular weight is 308 g/mol. The number of nitrogens with zero attached hydrogens (tertiary/aromatic N) is 1. The molecule has 0 spiro atoms. The van der Waals surface area contributed by atoms with Gasteiger partial charge in [-0.15, -0.1) is 0 Å². The molecule has 2 aliphatic rings. The van der Waals surface area contributed by atoms with Crippen molar-refractivity contribution < 1.29 is 4.79 Å². The van der Waals surface area contributed by atoms with Gasteiger partial charge < -0.3 is 10.7 Å². The van der Waals surface area contributed by atoms with Gasteiger partial charge in [0.25, 0.3) is 5.56 Å². The maximum absolute atomic E-state index is 12.1. The number of nitrogens with one attached hydrogen (secondary N) is 2. The largest absolute Gasteiger partial charge is 0.368 e. The van der Waals surface area contributed by atoms with Crippen molar-refractivity contribution in [1.29, 1.82) is 0 Å². The average Bonchev–Trinajstić information content (AvgIpc) is 3.24. The van der Waals surface area contributed by atoms with E-state index >= 15 is 0 Å². The number of aromatic nitrogens is 2. The Balaban J connectivity index is 1.77. The van der Waals surface area contributed by atoms with Gasteiger partial charge in [-0.3, -0.25) is 14.9 Å². The van der Waals surface area contributed by atoms with Crippen LogP contribution in [0.4, 0.5) is 0 Å². The summed E-state index contributed by atoms with van der Waals surface area (Å²) in [5, 5.41) is 4.00. The highest BCUT2D eigenvalue weighted by Gasteiger charge is 2.51. The number of carbonyl (C=O) groups is 1. The number of nitrogens with two attached hydrogens (primary N) is 1. The molecule has 2 fully saturated rings. The van der Waals surface area contributed by atoms with Crippen molar-refractivity contribution in [3.63, 3.8) is 0 Å². The highest BCUT2D eigenvalue weighted by atomic mass is 32.2. The van der Waals surface area contributed by atoms with Gasteiger partial charge in [0.15, 0.2) is 5.16 Å². The van der Waals surface area contributed by atoms with Crippen LogP contribution in [0.2, 0.25) is 0 Å². The summed E-state index contributed by atoms with van der Waals surface area (Å²) < 4.78 is 0. The number of H-pyrrole nitrogens is 1. The molecule has 4 N–H and O–H groups in total. The van der Waals surface area contributed by atoms with Crippen molar-refractivity contribution >= 4 is 17.7 Å². The molecule has 0 aliphatic heterocycles. The second-order valence-corrected chi connectivity index (χ2v) is 6.97. The Kier molecular flexibility index (Phi) is 3.79. The van der Waals surface area contributed by atoms with Gasteiger partial charge in [-0.05, 0) is 38.5 Å². The first kappa shape index (κ1) is 14.6. The summed E-state index contributed by atoms with van der Waals surface area (Å²) in [5.74, 6) is 0.523. The van der Waals surface area contributed by atoms with Crippen LogP contribution in [0.3, 0.4) is 0 Å². The quantitative estimate of drug-likeness (QED) is 0.504. The fourth-order valence-electron chi connectivity index (χ4n) is 2.59. The van der Waals surface area contributed by atoms with Gasteiger partial charge in [0, 0.05) is 23.6 Å². The smallest absolute Gasteiger partial charge is 0.251 e. The van der Waals surface area contributed by atoms with Gasteiger partial charge in [-0.1, -0.05) is 11.8 Å². The van der Waals surface area contributed by atoms with E-state index in [9.17, 15) is 9.59 Å². The fourth-order valence-corrected chi connectivity index (χ4v) is 3.80. The first-order valence-corrected chi connectivity index (χ1v) is 8.26. The number of rotatable bonds is 7. The Labute approximate surface area is 127 Å². The van der Waals surface area contributed by atoms with E-state index in [0.717, 1.165) is 25.7 Å². The summed E-state index contributed by atoms with van der Waals surface area (Å²) in [6.45, 7) is 1.78. The third-order valence-corrected chi connectivity index (χ3v) is 5.10. The number of hydrogen-bond acceptors (Lipinski definition) is 5. The summed E-state index contributed by atoms with van der Waals surface area (Å²) in [5.41, 5.74) is 5.54. The molecule has 21 heavy (non-hydrogen) atoms. The van der Waals surface area contributed by atoms with Gasteiger partial charge >= 0.3 is 0 Å². The molecule has 0 radical (unpaired) electrons. The molecule has 1 aromatic heterocycles. The molecule has 1 atom stereocenters. The molecule has 6 nitrogen and oxygen atoms in total. The first-order valence-electron chi connectivity index (χ1n) is 7.28. The van der Waals surface area contributed by atoms with Crippen LogP contribution in [0, 0.1) is 12.8 Å². The van der Waals surface area contributed by atoms with Crippen molar-refractivity contribution in [1.82, 2.24) is 15.3 Å². The Morgan fingerprint density at radius 3 is 2.76 bits per heavy atom. The van der Waals surface area contributed by atoms with Crippen LogP contribution in [0.5, 0.6) is 0 Å². The van der Waals surface area contributed by atoms with Crippen LogP contribution in [0.15, 0.2) is 16.0 Å². The van der Waals surface area contributed by atoms with Gasteiger partial charge in [-0.25, -0.2) is 4.98 Å². The van der Waals surface area contributed by atoms with Crippen molar-refractivity contribution in [2.75, 3.05) is 5.75 Å². The summed E-state index contributed by atoms with van der Waals surface area (Å²) in [7, 11) is 0. The lowest BCUT2D eigenvalue weighted by Gasteiger charge is -2.31. The van der Waals surface area contributed by atoms with Crippen LogP contribution in [0.25, 0.3) is 0 Å². The van der Waals surface area contributed by atoms with E-state index in [1.165, 1.54) is 17.8 Å². The first-order chi connectivity index (χ1) is 9.99. The molecule has 7 heteroatoms. The molecule has 1 heterocycles. The predicted molar refractivity (Wildman–Crippen MR) is 81.1 cm³/mol. The summed E-state index contributed by atoms with van der Waals surface area (Å²) in [4.78, 5) is 30.6. The Morgan fingerprint density at radius 1 is 1.52 bits per heavy atom.